The van der Waals surface area contributed by atoms with Crippen molar-refractivity contribution in [3.8, 4) is 0 Å². The Labute approximate surface area is 86.2 Å². The molecular weight excluding hydrogens is 228 g/mol. The first-order chi connectivity index (χ1) is 6.34. The van der Waals surface area contributed by atoms with Crippen LogP contribution in [0.2, 0.25) is 0 Å². The van der Waals surface area contributed by atoms with E-state index in [4.69, 9.17) is 0 Å². The van der Waals surface area contributed by atoms with E-state index in [2.05, 4.69) is 32.4 Å². The lowest BCUT2D eigenvalue weighted by Crippen LogP contribution is -2.20. The van der Waals surface area contributed by atoms with Crippen molar-refractivity contribution >= 4 is 15.9 Å². The van der Waals surface area contributed by atoms with E-state index in [0.29, 0.717) is 6.04 Å². The van der Waals surface area contributed by atoms with Crippen molar-refractivity contribution in [1.29, 1.82) is 0 Å². The van der Waals surface area contributed by atoms with E-state index < -0.39 is 0 Å². The third-order valence-electron chi connectivity index (χ3n) is 3.04. The van der Waals surface area contributed by atoms with Crippen molar-refractivity contribution in [3.63, 3.8) is 0 Å². The molecule has 2 nitrogen and oxygen atoms in total. The van der Waals surface area contributed by atoms with Crippen LogP contribution in [0, 0.1) is 0 Å². The van der Waals surface area contributed by atoms with Gasteiger partial charge in [-0.2, -0.15) is 0 Å². The van der Waals surface area contributed by atoms with Crippen LogP contribution in [-0.2, 0) is 6.42 Å². The van der Waals surface area contributed by atoms with E-state index in [0.717, 1.165) is 6.04 Å². The molecule has 1 heterocycles. The normalized spacial score (nSPS) is 26.4. The number of rotatable bonds is 2. The summed E-state index contributed by atoms with van der Waals surface area (Å²) in [7, 11) is 0. The number of aromatic amines is 1. The second-order valence-electron chi connectivity index (χ2n) is 4.07. The highest BCUT2D eigenvalue weighted by Gasteiger charge is 2.30. The van der Waals surface area contributed by atoms with Crippen LogP contribution in [0.3, 0.4) is 0 Å². The Balaban J connectivity index is 1.84. The molecule has 3 rings (SSSR count). The summed E-state index contributed by atoms with van der Waals surface area (Å²) >= 11 is 3.54. The van der Waals surface area contributed by atoms with Crippen molar-refractivity contribution in [1.82, 2.24) is 10.3 Å². The van der Waals surface area contributed by atoms with Gasteiger partial charge in [0.05, 0.1) is 4.60 Å². The van der Waals surface area contributed by atoms with Crippen LogP contribution >= 0.6 is 15.9 Å². The van der Waals surface area contributed by atoms with Crippen LogP contribution in [0.5, 0.6) is 0 Å². The summed E-state index contributed by atoms with van der Waals surface area (Å²) in [5.74, 6) is 0. The standard InChI is InChI=1S/C10H13BrN2/c11-10-7-3-4-9(8(7)5-12-10)13-6-1-2-6/h5-6,9,12-13H,1-4H2. The highest BCUT2D eigenvalue weighted by Crippen LogP contribution is 2.37. The SMILES string of the molecule is Brc1[nH]cc2c1CCC2NC1CC1. The van der Waals surface area contributed by atoms with Gasteiger partial charge in [0.15, 0.2) is 0 Å². The fraction of sp³-hybridized carbons (Fsp3) is 0.600. The highest BCUT2D eigenvalue weighted by atomic mass is 79.9. The fourth-order valence-electron chi connectivity index (χ4n) is 2.16. The average Bonchev–Trinajstić information content (AvgIpc) is 2.72. The molecule has 70 valence electrons. The lowest BCUT2D eigenvalue weighted by atomic mass is 10.2. The van der Waals surface area contributed by atoms with E-state index in [9.17, 15) is 0 Å². The first-order valence-electron chi connectivity index (χ1n) is 4.96. The molecule has 1 unspecified atom stereocenters. The highest BCUT2D eigenvalue weighted by molar-refractivity contribution is 9.10. The molecule has 0 amide bonds. The number of hydrogen-bond donors (Lipinski definition) is 2. The Morgan fingerprint density at radius 1 is 1.38 bits per heavy atom. The van der Waals surface area contributed by atoms with Crippen molar-refractivity contribution in [2.24, 2.45) is 0 Å². The summed E-state index contributed by atoms with van der Waals surface area (Å²) in [5, 5.41) is 3.68. The minimum atomic E-state index is 0.616. The fourth-order valence-corrected chi connectivity index (χ4v) is 2.70. The summed E-state index contributed by atoms with van der Waals surface area (Å²) in [4.78, 5) is 3.24. The molecule has 2 aliphatic carbocycles. The molecule has 1 saturated carbocycles. The molecule has 2 N–H and O–H groups in total. The van der Waals surface area contributed by atoms with Gasteiger partial charge in [0.1, 0.15) is 0 Å². The van der Waals surface area contributed by atoms with Crippen LogP contribution in [0.15, 0.2) is 10.8 Å². The monoisotopic (exact) mass is 240 g/mol. The number of nitrogens with one attached hydrogen (secondary N) is 2. The average molecular weight is 241 g/mol. The van der Waals surface area contributed by atoms with Crippen LogP contribution in [0.25, 0.3) is 0 Å². The molecule has 0 spiro atoms. The Morgan fingerprint density at radius 3 is 3.00 bits per heavy atom. The first-order valence-corrected chi connectivity index (χ1v) is 5.75. The summed E-state index contributed by atoms with van der Waals surface area (Å²) in [6.45, 7) is 0. The predicted octanol–water partition coefficient (Wildman–Crippen LogP) is 2.52. The number of hydrogen-bond acceptors (Lipinski definition) is 1. The summed E-state index contributed by atoms with van der Waals surface area (Å²) in [6, 6.07) is 1.43. The number of halogens is 1. The molecule has 1 aromatic heterocycles. The van der Waals surface area contributed by atoms with Gasteiger partial charge in [-0.15, -0.1) is 0 Å². The zero-order chi connectivity index (χ0) is 8.84. The lowest BCUT2D eigenvalue weighted by Gasteiger charge is -2.10. The predicted molar refractivity (Wildman–Crippen MR) is 55.7 cm³/mol. The maximum atomic E-state index is 3.68. The molecule has 0 aliphatic heterocycles. The van der Waals surface area contributed by atoms with Gasteiger partial charge in [-0.05, 0) is 52.7 Å². The Hall–Kier alpha value is -0.280. The molecule has 0 saturated heterocycles. The topological polar surface area (TPSA) is 27.8 Å². The Kier molecular flexibility index (Phi) is 1.77. The van der Waals surface area contributed by atoms with Crippen molar-refractivity contribution in [3.05, 3.63) is 21.9 Å². The van der Waals surface area contributed by atoms with Gasteiger partial charge >= 0.3 is 0 Å². The lowest BCUT2D eigenvalue weighted by molar-refractivity contribution is 0.526. The van der Waals surface area contributed by atoms with E-state index in [1.165, 1.54) is 41.4 Å². The summed E-state index contributed by atoms with van der Waals surface area (Å²) < 4.78 is 1.18. The molecule has 0 aromatic carbocycles. The van der Waals surface area contributed by atoms with Crippen LogP contribution in [0.4, 0.5) is 0 Å². The van der Waals surface area contributed by atoms with Crippen molar-refractivity contribution in [2.45, 2.75) is 37.8 Å². The van der Waals surface area contributed by atoms with E-state index in [1.54, 1.807) is 0 Å². The van der Waals surface area contributed by atoms with Gasteiger partial charge in [-0.25, -0.2) is 0 Å². The third-order valence-corrected chi connectivity index (χ3v) is 3.75. The largest absolute Gasteiger partial charge is 0.355 e. The second kappa shape index (κ2) is 2.85. The molecule has 1 atom stereocenters. The Morgan fingerprint density at radius 2 is 2.23 bits per heavy atom. The number of H-pyrrole nitrogens is 1. The zero-order valence-corrected chi connectivity index (χ0v) is 9.02. The number of aromatic nitrogens is 1. The smallest absolute Gasteiger partial charge is 0.0856 e. The van der Waals surface area contributed by atoms with Gasteiger partial charge in [-0.1, -0.05) is 0 Å². The molecule has 1 aromatic rings. The maximum absolute atomic E-state index is 3.68. The summed E-state index contributed by atoms with van der Waals surface area (Å²) in [5.41, 5.74) is 2.97. The van der Waals surface area contributed by atoms with E-state index in [1.807, 2.05) is 0 Å². The van der Waals surface area contributed by atoms with Crippen molar-refractivity contribution in [2.75, 3.05) is 0 Å². The van der Waals surface area contributed by atoms with Gasteiger partial charge in [0.25, 0.3) is 0 Å². The minimum Gasteiger partial charge on any atom is -0.355 e. The second-order valence-corrected chi connectivity index (χ2v) is 4.86. The minimum absolute atomic E-state index is 0.616. The molecular formula is C10H13BrN2. The maximum Gasteiger partial charge on any atom is 0.0856 e. The molecule has 13 heavy (non-hydrogen) atoms. The van der Waals surface area contributed by atoms with Gasteiger partial charge in [-0.3, -0.25) is 0 Å². The van der Waals surface area contributed by atoms with Crippen LogP contribution in [0.1, 0.15) is 36.4 Å². The zero-order valence-electron chi connectivity index (χ0n) is 7.44. The molecule has 3 heteroatoms. The molecule has 0 radical (unpaired) electrons. The molecule has 0 bridgehead atoms. The van der Waals surface area contributed by atoms with Crippen molar-refractivity contribution < 1.29 is 0 Å². The summed E-state index contributed by atoms with van der Waals surface area (Å²) in [6.07, 6.45) is 7.37. The van der Waals surface area contributed by atoms with Crippen LogP contribution < -0.4 is 5.32 Å². The van der Waals surface area contributed by atoms with Crippen LogP contribution in [-0.4, -0.2) is 11.0 Å². The van der Waals surface area contributed by atoms with E-state index >= 15 is 0 Å². The number of fused-ring (bicyclic) bond motifs is 1. The van der Waals surface area contributed by atoms with Gasteiger partial charge in [0, 0.05) is 18.3 Å². The van der Waals surface area contributed by atoms with E-state index in [-0.39, 0.29) is 0 Å². The molecule has 2 aliphatic rings. The Bertz CT molecular complexity index is 328. The van der Waals surface area contributed by atoms with Gasteiger partial charge in [0.2, 0.25) is 0 Å². The first kappa shape index (κ1) is 8.06. The third kappa shape index (κ3) is 1.34. The van der Waals surface area contributed by atoms with Gasteiger partial charge < -0.3 is 10.3 Å². The quantitative estimate of drug-likeness (QED) is 0.818. The molecule has 1 fully saturated rings.